The third-order valence-electron chi connectivity index (χ3n) is 2.29. The van der Waals surface area contributed by atoms with Crippen LogP contribution < -0.4 is 15.8 Å². The summed E-state index contributed by atoms with van der Waals surface area (Å²) in [6.07, 6.45) is 3.50. The van der Waals surface area contributed by atoms with Crippen molar-refractivity contribution in [3.05, 3.63) is 36.4 Å². The number of rotatable bonds is 4. The molecule has 84 valence electrons. The van der Waals surface area contributed by atoms with Crippen molar-refractivity contribution in [1.82, 2.24) is 9.97 Å². The lowest BCUT2D eigenvalue weighted by atomic mass is 10.2. The van der Waals surface area contributed by atoms with Gasteiger partial charge in [0.1, 0.15) is 11.6 Å². The molecule has 0 aliphatic rings. The second-order valence-corrected chi connectivity index (χ2v) is 3.31. The zero-order chi connectivity index (χ0) is 11.4. The Kier molecular flexibility index (Phi) is 2.95. The van der Waals surface area contributed by atoms with Crippen molar-refractivity contribution in [2.24, 2.45) is 0 Å². The number of hydrogen-bond acceptors (Lipinski definition) is 4. The number of nitrogens with one attached hydrogen (secondary N) is 2. The minimum Gasteiger partial charge on any atom is -0.495 e. The minimum atomic E-state index is 0.602. The molecule has 0 atom stereocenters. The summed E-state index contributed by atoms with van der Waals surface area (Å²) in [7, 11) is 1.60. The molecule has 2 rings (SSSR count). The normalized spacial score (nSPS) is 10.1. The van der Waals surface area contributed by atoms with Crippen molar-refractivity contribution < 1.29 is 4.74 Å². The fourth-order valence-electron chi connectivity index (χ4n) is 1.45. The highest BCUT2D eigenvalue weighted by Crippen LogP contribution is 2.28. The fraction of sp³-hybridized carbons (Fsp3) is 0.182. The Hall–Kier alpha value is -2.17. The molecule has 0 aliphatic heterocycles. The number of methoxy groups -OCH3 is 1. The van der Waals surface area contributed by atoms with E-state index in [2.05, 4.69) is 15.3 Å². The number of benzene rings is 1. The van der Waals surface area contributed by atoms with E-state index in [1.54, 1.807) is 19.5 Å². The van der Waals surface area contributed by atoms with Crippen LogP contribution in [-0.4, -0.2) is 17.1 Å². The Bertz CT molecular complexity index is 453. The molecule has 0 fully saturated rings. The lowest BCUT2D eigenvalue weighted by Gasteiger charge is -2.11. The van der Waals surface area contributed by atoms with E-state index < -0.39 is 0 Å². The van der Waals surface area contributed by atoms with Crippen molar-refractivity contribution in [2.45, 2.75) is 6.54 Å². The number of hydrogen-bond donors (Lipinski definition) is 3. The molecule has 1 aromatic carbocycles. The van der Waals surface area contributed by atoms with E-state index in [9.17, 15) is 0 Å². The first-order valence-corrected chi connectivity index (χ1v) is 4.96. The number of imidazole rings is 1. The summed E-state index contributed by atoms with van der Waals surface area (Å²) in [5.41, 5.74) is 7.37. The Balaban J connectivity index is 2.09. The van der Waals surface area contributed by atoms with Crippen LogP contribution >= 0.6 is 0 Å². The standard InChI is InChI=1S/C11H14N4O/c1-16-9-4-2-3-8(11(9)12)15-7-10-13-5-6-14-10/h2-6,15H,7,12H2,1H3,(H,13,14). The van der Waals surface area contributed by atoms with E-state index >= 15 is 0 Å². The van der Waals surface area contributed by atoms with Crippen molar-refractivity contribution in [3.63, 3.8) is 0 Å². The maximum atomic E-state index is 5.92. The Morgan fingerprint density at radius 2 is 2.38 bits per heavy atom. The molecule has 5 heteroatoms. The van der Waals surface area contributed by atoms with Gasteiger partial charge >= 0.3 is 0 Å². The molecule has 0 saturated heterocycles. The highest BCUT2D eigenvalue weighted by atomic mass is 16.5. The van der Waals surface area contributed by atoms with Gasteiger partial charge in [0, 0.05) is 12.4 Å². The van der Waals surface area contributed by atoms with Crippen LogP contribution in [0.2, 0.25) is 0 Å². The van der Waals surface area contributed by atoms with Crippen LogP contribution in [0.5, 0.6) is 5.75 Å². The topological polar surface area (TPSA) is 76.0 Å². The number of nitrogen functional groups attached to an aromatic ring is 1. The van der Waals surface area contributed by atoms with Gasteiger partial charge in [-0.25, -0.2) is 4.98 Å². The average molecular weight is 218 g/mol. The lowest BCUT2D eigenvalue weighted by molar-refractivity contribution is 0.417. The molecule has 0 radical (unpaired) electrons. The first-order chi connectivity index (χ1) is 7.81. The van der Waals surface area contributed by atoms with Gasteiger partial charge in [-0.2, -0.15) is 0 Å². The van der Waals surface area contributed by atoms with Gasteiger partial charge in [-0.1, -0.05) is 6.07 Å². The fourth-order valence-corrected chi connectivity index (χ4v) is 1.45. The van der Waals surface area contributed by atoms with Gasteiger partial charge < -0.3 is 20.8 Å². The number of anilines is 2. The monoisotopic (exact) mass is 218 g/mol. The Morgan fingerprint density at radius 1 is 1.50 bits per heavy atom. The molecule has 0 saturated carbocycles. The molecule has 0 bridgehead atoms. The first kappa shape index (κ1) is 10.4. The molecule has 1 aromatic heterocycles. The van der Waals surface area contributed by atoms with Gasteiger partial charge in [-0.3, -0.25) is 0 Å². The third kappa shape index (κ3) is 2.08. The predicted octanol–water partition coefficient (Wildman–Crippen LogP) is 1.61. The maximum absolute atomic E-state index is 5.92. The van der Waals surface area contributed by atoms with Gasteiger partial charge in [0.2, 0.25) is 0 Å². The molecule has 2 aromatic rings. The van der Waals surface area contributed by atoms with Crippen LogP contribution in [0.3, 0.4) is 0 Å². The molecule has 0 amide bonds. The largest absolute Gasteiger partial charge is 0.495 e. The summed E-state index contributed by atoms with van der Waals surface area (Å²) >= 11 is 0. The Labute approximate surface area is 93.7 Å². The lowest BCUT2D eigenvalue weighted by Crippen LogP contribution is -2.04. The molecular formula is C11H14N4O. The van der Waals surface area contributed by atoms with Crippen molar-refractivity contribution >= 4 is 11.4 Å². The van der Waals surface area contributed by atoms with Gasteiger partial charge in [0.05, 0.1) is 25.0 Å². The SMILES string of the molecule is COc1cccc(NCc2ncc[nH]2)c1N. The van der Waals surface area contributed by atoms with Crippen LogP contribution in [0.15, 0.2) is 30.6 Å². The number of H-pyrrole nitrogens is 1. The van der Waals surface area contributed by atoms with Crippen LogP contribution in [-0.2, 0) is 6.54 Å². The summed E-state index contributed by atoms with van der Waals surface area (Å²) in [5.74, 6) is 1.53. The smallest absolute Gasteiger partial charge is 0.143 e. The first-order valence-electron chi connectivity index (χ1n) is 4.96. The summed E-state index contributed by atoms with van der Waals surface area (Å²) in [4.78, 5) is 7.12. The third-order valence-corrected chi connectivity index (χ3v) is 2.29. The van der Waals surface area contributed by atoms with E-state index in [1.165, 1.54) is 0 Å². The van der Waals surface area contributed by atoms with E-state index in [0.29, 0.717) is 18.0 Å². The quantitative estimate of drug-likeness (QED) is 0.681. The number of aromatic amines is 1. The van der Waals surface area contributed by atoms with Crippen molar-refractivity contribution in [3.8, 4) is 5.75 Å². The Morgan fingerprint density at radius 3 is 3.06 bits per heavy atom. The van der Waals surface area contributed by atoms with E-state index in [4.69, 9.17) is 10.5 Å². The molecule has 0 aliphatic carbocycles. The molecule has 5 nitrogen and oxygen atoms in total. The van der Waals surface area contributed by atoms with E-state index in [1.807, 2.05) is 18.2 Å². The zero-order valence-electron chi connectivity index (χ0n) is 9.03. The van der Waals surface area contributed by atoms with Crippen LogP contribution in [0.25, 0.3) is 0 Å². The van der Waals surface area contributed by atoms with Gasteiger partial charge in [0.25, 0.3) is 0 Å². The number of nitrogens with zero attached hydrogens (tertiary/aromatic N) is 1. The van der Waals surface area contributed by atoms with Crippen LogP contribution in [0, 0.1) is 0 Å². The second-order valence-electron chi connectivity index (χ2n) is 3.31. The molecule has 0 unspecified atom stereocenters. The van der Waals surface area contributed by atoms with Gasteiger partial charge in [-0.15, -0.1) is 0 Å². The summed E-state index contributed by atoms with van der Waals surface area (Å²) in [6, 6.07) is 5.62. The highest BCUT2D eigenvalue weighted by molar-refractivity contribution is 5.72. The van der Waals surface area contributed by atoms with E-state index in [-0.39, 0.29) is 0 Å². The van der Waals surface area contributed by atoms with Crippen molar-refractivity contribution in [1.29, 1.82) is 0 Å². The molecular weight excluding hydrogens is 204 g/mol. The molecule has 16 heavy (non-hydrogen) atoms. The highest BCUT2D eigenvalue weighted by Gasteiger charge is 2.04. The maximum Gasteiger partial charge on any atom is 0.143 e. The van der Waals surface area contributed by atoms with E-state index in [0.717, 1.165) is 11.5 Å². The summed E-state index contributed by atoms with van der Waals surface area (Å²) < 4.78 is 5.13. The second kappa shape index (κ2) is 4.57. The van der Waals surface area contributed by atoms with Crippen LogP contribution in [0.1, 0.15) is 5.82 Å². The zero-order valence-corrected chi connectivity index (χ0v) is 9.03. The van der Waals surface area contributed by atoms with Gasteiger partial charge in [-0.05, 0) is 12.1 Å². The van der Waals surface area contributed by atoms with Crippen LogP contribution in [0.4, 0.5) is 11.4 Å². The number of nitrogens with two attached hydrogens (primary N) is 1. The predicted molar refractivity (Wildman–Crippen MR) is 63.3 cm³/mol. The summed E-state index contributed by atoms with van der Waals surface area (Å²) in [5, 5.41) is 3.19. The number of aromatic nitrogens is 2. The van der Waals surface area contributed by atoms with Gasteiger partial charge in [0.15, 0.2) is 0 Å². The number of para-hydroxylation sites is 1. The minimum absolute atomic E-state index is 0.602. The molecule has 4 N–H and O–H groups in total. The molecule has 1 heterocycles. The van der Waals surface area contributed by atoms with Crippen molar-refractivity contribution in [2.75, 3.05) is 18.2 Å². The summed E-state index contributed by atoms with van der Waals surface area (Å²) in [6.45, 7) is 0.602. The number of ether oxygens (including phenoxy) is 1. The molecule has 0 spiro atoms. The average Bonchev–Trinajstić information content (AvgIpc) is 2.81.